The second-order valence-corrected chi connectivity index (χ2v) is 4.78. The van der Waals surface area contributed by atoms with Gasteiger partial charge in [-0.2, -0.15) is 0 Å². The first kappa shape index (κ1) is 11.7. The van der Waals surface area contributed by atoms with Crippen molar-refractivity contribution in [3.63, 3.8) is 0 Å². The van der Waals surface area contributed by atoms with Crippen LogP contribution in [0.5, 0.6) is 0 Å². The smallest absolute Gasteiger partial charge is 0.156 e. The summed E-state index contributed by atoms with van der Waals surface area (Å²) in [6.07, 6.45) is 3.99. The summed E-state index contributed by atoms with van der Waals surface area (Å²) in [6.45, 7) is 6.10. The van der Waals surface area contributed by atoms with Gasteiger partial charge in [-0.1, -0.05) is 49.1 Å². The second kappa shape index (κ2) is 6.10. The molecule has 1 atom stereocenters. The van der Waals surface area contributed by atoms with Crippen molar-refractivity contribution >= 4 is 12.7 Å². The second-order valence-electron chi connectivity index (χ2n) is 4.78. The number of rotatable bonds is 5. The number of unbranched alkanes of at least 4 members (excludes halogenated alkanes) is 1. The fourth-order valence-electron chi connectivity index (χ4n) is 2.42. The molecule has 1 saturated heterocycles. The summed E-state index contributed by atoms with van der Waals surface area (Å²) in [5, 5.41) is 0. The van der Waals surface area contributed by atoms with Crippen molar-refractivity contribution in [2.45, 2.75) is 32.0 Å². The van der Waals surface area contributed by atoms with Crippen molar-refractivity contribution in [2.24, 2.45) is 0 Å². The van der Waals surface area contributed by atoms with E-state index < -0.39 is 0 Å². The summed E-state index contributed by atoms with van der Waals surface area (Å²) in [5.74, 6) is 0.763. The molecule has 1 aliphatic heterocycles. The lowest BCUT2D eigenvalue weighted by atomic mass is 9.59. The Bertz CT molecular complexity index is 299. The SMILES string of the molecule is CCCCN1CCC([B]c2ccccc2)C1. The Labute approximate surface area is 100 Å². The van der Waals surface area contributed by atoms with Gasteiger partial charge in [0.25, 0.3) is 0 Å². The minimum atomic E-state index is 0.763. The third kappa shape index (κ3) is 3.38. The van der Waals surface area contributed by atoms with Crippen LogP contribution in [0, 0.1) is 0 Å². The molecular formula is C14H21BN. The average molecular weight is 214 g/mol. The number of hydrogen-bond acceptors (Lipinski definition) is 1. The number of likely N-dealkylation sites (tertiary alicyclic amines) is 1. The van der Waals surface area contributed by atoms with Gasteiger partial charge < -0.3 is 4.90 Å². The van der Waals surface area contributed by atoms with Gasteiger partial charge in [-0.15, -0.1) is 0 Å². The molecule has 1 unspecified atom stereocenters. The molecular weight excluding hydrogens is 193 g/mol. The van der Waals surface area contributed by atoms with E-state index in [9.17, 15) is 0 Å². The Kier molecular flexibility index (Phi) is 4.47. The van der Waals surface area contributed by atoms with Gasteiger partial charge in [-0.25, -0.2) is 0 Å². The lowest BCUT2D eigenvalue weighted by molar-refractivity contribution is 0.332. The van der Waals surface area contributed by atoms with E-state index in [1.165, 1.54) is 44.4 Å². The molecule has 0 bridgehead atoms. The van der Waals surface area contributed by atoms with E-state index in [4.69, 9.17) is 0 Å². The van der Waals surface area contributed by atoms with Crippen molar-refractivity contribution in [1.82, 2.24) is 4.90 Å². The van der Waals surface area contributed by atoms with Crippen molar-refractivity contribution < 1.29 is 0 Å². The van der Waals surface area contributed by atoms with Gasteiger partial charge in [0.15, 0.2) is 7.28 Å². The summed E-state index contributed by atoms with van der Waals surface area (Å²) in [4.78, 5) is 2.60. The highest BCUT2D eigenvalue weighted by atomic mass is 15.1. The van der Waals surface area contributed by atoms with E-state index in [1.807, 2.05) is 0 Å². The summed E-state index contributed by atoms with van der Waals surface area (Å²) < 4.78 is 0. The first-order valence-corrected chi connectivity index (χ1v) is 6.50. The van der Waals surface area contributed by atoms with Crippen LogP contribution in [0.4, 0.5) is 0 Å². The van der Waals surface area contributed by atoms with E-state index in [2.05, 4.69) is 49.4 Å². The zero-order valence-electron chi connectivity index (χ0n) is 10.2. The zero-order valence-corrected chi connectivity index (χ0v) is 10.2. The largest absolute Gasteiger partial charge is 0.304 e. The average Bonchev–Trinajstić information content (AvgIpc) is 2.75. The molecule has 16 heavy (non-hydrogen) atoms. The molecule has 0 spiro atoms. The minimum Gasteiger partial charge on any atom is -0.304 e. The van der Waals surface area contributed by atoms with Crippen molar-refractivity contribution in [3.05, 3.63) is 30.3 Å². The third-order valence-corrected chi connectivity index (χ3v) is 3.36. The molecule has 0 aromatic heterocycles. The highest BCUT2D eigenvalue weighted by Gasteiger charge is 2.22. The van der Waals surface area contributed by atoms with Crippen LogP contribution in [0.3, 0.4) is 0 Å². The van der Waals surface area contributed by atoms with E-state index >= 15 is 0 Å². The van der Waals surface area contributed by atoms with Gasteiger partial charge in [0.2, 0.25) is 0 Å². The van der Waals surface area contributed by atoms with Crippen molar-refractivity contribution in [1.29, 1.82) is 0 Å². The van der Waals surface area contributed by atoms with E-state index in [1.54, 1.807) is 0 Å². The maximum atomic E-state index is 2.60. The Morgan fingerprint density at radius 3 is 2.88 bits per heavy atom. The van der Waals surface area contributed by atoms with E-state index in [0.29, 0.717) is 0 Å². The Balaban J connectivity index is 1.76. The summed E-state index contributed by atoms with van der Waals surface area (Å²) >= 11 is 0. The Morgan fingerprint density at radius 1 is 1.31 bits per heavy atom. The van der Waals surface area contributed by atoms with Crippen LogP contribution in [0.1, 0.15) is 26.2 Å². The first-order chi connectivity index (χ1) is 7.88. The molecule has 1 aromatic rings. The Hall–Kier alpha value is -0.755. The molecule has 2 rings (SSSR count). The molecule has 1 nitrogen and oxygen atoms in total. The predicted octanol–water partition coefficient (Wildman–Crippen LogP) is 2.31. The lowest BCUT2D eigenvalue weighted by Gasteiger charge is -2.14. The van der Waals surface area contributed by atoms with Crippen LogP contribution in [0.15, 0.2) is 30.3 Å². The summed E-state index contributed by atoms with van der Waals surface area (Å²) in [6, 6.07) is 10.7. The molecule has 1 aliphatic rings. The number of hydrogen-bond donors (Lipinski definition) is 0. The highest BCUT2D eigenvalue weighted by molar-refractivity contribution is 6.55. The van der Waals surface area contributed by atoms with Crippen molar-refractivity contribution in [3.8, 4) is 0 Å². The number of benzene rings is 1. The van der Waals surface area contributed by atoms with Gasteiger partial charge in [0.1, 0.15) is 0 Å². The van der Waals surface area contributed by atoms with Crippen LogP contribution in [-0.4, -0.2) is 31.8 Å². The maximum absolute atomic E-state index is 2.60. The molecule has 0 N–H and O–H groups in total. The predicted molar refractivity (Wildman–Crippen MR) is 71.5 cm³/mol. The van der Waals surface area contributed by atoms with Crippen molar-refractivity contribution in [2.75, 3.05) is 19.6 Å². The minimum absolute atomic E-state index is 0.763. The normalized spacial score (nSPS) is 21.2. The van der Waals surface area contributed by atoms with Gasteiger partial charge in [-0.05, 0) is 38.3 Å². The fraction of sp³-hybridized carbons (Fsp3) is 0.571. The molecule has 1 radical (unpaired) electrons. The van der Waals surface area contributed by atoms with Gasteiger partial charge >= 0.3 is 0 Å². The van der Waals surface area contributed by atoms with Gasteiger partial charge in [0.05, 0.1) is 0 Å². The highest BCUT2D eigenvalue weighted by Crippen LogP contribution is 2.20. The van der Waals surface area contributed by atoms with Crippen LogP contribution < -0.4 is 5.46 Å². The van der Waals surface area contributed by atoms with E-state index in [-0.39, 0.29) is 0 Å². The molecule has 1 aromatic carbocycles. The quantitative estimate of drug-likeness (QED) is 0.680. The van der Waals surface area contributed by atoms with Crippen LogP contribution in [0.2, 0.25) is 5.82 Å². The standard InChI is InChI=1S/C14H21BN/c1-2-3-10-16-11-9-14(12-16)15-13-7-5-4-6-8-13/h4-8,14H,2-3,9-12H2,1H3. The maximum Gasteiger partial charge on any atom is 0.156 e. The lowest BCUT2D eigenvalue weighted by Crippen LogP contribution is -2.24. The molecule has 0 saturated carbocycles. The van der Waals surface area contributed by atoms with Crippen LogP contribution in [0.25, 0.3) is 0 Å². The van der Waals surface area contributed by atoms with Gasteiger partial charge in [-0.3, -0.25) is 0 Å². The molecule has 1 heterocycles. The monoisotopic (exact) mass is 214 g/mol. The fourth-order valence-corrected chi connectivity index (χ4v) is 2.42. The molecule has 85 valence electrons. The summed E-state index contributed by atoms with van der Waals surface area (Å²) in [7, 11) is 2.44. The Morgan fingerprint density at radius 2 is 2.12 bits per heavy atom. The van der Waals surface area contributed by atoms with Crippen LogP contribution >= 0.6 is 0 Å². The number of nitrogens with zero attached hydrogens (tertiary/aromatic N) is 1. The van der Waals surface area contributed by atoms with E-state index in [0.717, 1.165) is 5.82 Å². The first-order valence-electron chi connectivity index (χ1n) is 6.50. The topological polar surface area (TPSA) is 3.24 Å². The zero-order chi connectivity index (χ0) is 11.2. The summed E-state index contributed by atoms with van der Waals surface area (Å²) in [5.41, 5.74) is 1.38. The van der Waals surface area contributed by atoms with Crippen LogP contribution in [-0.2, 0) is 0 Å². The molecule has 1 fully saturated rings. The third-order valence-electron chi connectivity index (χ3n) is 3.36. The molecule has 0 aliphatic carbocycles. The molecule has 2 heteroatoms. The van der Waals surface area contributed by atoms with Gasteiger partial charge in [0, 0.05) is 0 Å². The molecule has 0 amide bonds.